The van der Waals surface area contributed by atoms with E-state index in [-0.39, 0.29) is 10.8 Å². The van der Waals surface area contributed by atoms with Crippen molar-refractivity contribution in [3.63, 3.8) is 0 Å². The molecule has 2 aliphatic rings. The first-order chi connectivity index (χ1) is 17.5. The van der Waals surface area contributed by atoms with Gasteiger partial charge in [-0.3, -0.25) is 9.69 Å². The number of nitrogens with zero attached hydrogens (tertiary/aromatic N) is 4. The van der Waals surface area contributed by atoms with Gasteiger partial charge in [-0.15, -0.1) is 0 Å². The van der Waals surface area contributed by atoms with Crippen LogP contribution in [0.25, 0.3) is 10.2 Å². The number of sulfonamides is 1. The molecule has 3 aromatic rings. The first kappa shape index (κ1) is 25.1. The lowest BCUT2D eigenvalue weighted by Crippen LogP contribution is -2.48. The number of fused-ring (bicyclic) bond motifs is 1. The van der Waals surface area contributed by atoms with Gasteiger partial charge in [0.25, 0.3) is 5.91 Å². The van der Waals surface area contributed by atoms with Crippen molar-refractivity contribution in [1.82, 2.24) is 19.5 Å². The summed E-state index contributed by atoms with van der Waals surface area (Å²) in [6.07, 6.45) is 3.95. The molecular formula is C26H33N5O3S2. The number of nitrogens with one attached hydrogen (secondary N) is 1. The second-order valence-corrected chi connectivity index (χ2v) is 12.3. The van der Waals surface area contributed by atoms with Crippen LogP contribution in [-0.4, -0.2) is 80.9 Å². The van der Waals surface area contributed by atoms with Gasteiger partial charge in [0.15, 0.2) is 5.13 Å². The molecular weight excluding hydrogens is 494 g/mol. The molecule has 3 heterocycles. The summed E-state index contributed by atoms with van der Waals surface area (Å²) in [5, 5.41) is 4.05. The Bertz CT molecular complexity index is 1240. The second kappa shape index (κ2) is 11.2. The summed E-state index contributed by atoms with van der Waals surface area (Å²) in [6, 6.07) is 14.5. The normalized spacial score (nSPS) is 18.3. The van der Waals surface area contributed by atoms with Crippen molar-refractivity contribution >= 4 is 42.6 Å². The predicted molar refractivity (Wildman–Crippen MR) is 144 cm³/mol. The number of hydrogen-bond acceptors (Lipinski definition) is 7. The Kier molecular flexibility index (Phi) is 7.85. The zero-order valence-corrected chi connectivity index (χ0v) is 22.1. The SMILES string of the molecule is O=C(NCCN1CCN(c2nc3ccccc3s2)CC1)c1ccc(S(=O)(=O)N2CCCCCC2)cc1. The highest BCUT2D eigenvalue weighted by Crippen LogP contribution is 2.29. The van der Waals surface area contributed by atoms with Crippen LogP contribution in [0.4, 0.5) is 5.13 Å². The first-order valence-corrected chi connectivity index (χ1v) is 15.0. The Balaban J connectivity index is 1.08. The van der Waals surface area contributed by atoms with Gasteiger partial charge in [-0.2, -0.15) is 4.31 Å². The first-order valence-electron chi connectivity index (χ1n) is 12.7. The molecule has 2 aliphatic heterocycles. The average Bonchev–Trinajstić information content (AvgIpc) is 3.14. The van der Waals surface area contributed by atoms with Crippen LogP contribution < -0.4 is 10.2 Å². The largest absolute Gasteiger partial charge is 0.351 e. The number of rotatable bonds is 7. The molecule has 192 valence electrons. The van der Waals surface area contributed by atoms with Crippen molar-refractivity contribution in [2.75, 3.05) is 57.3 Å². The lowest BCUT2D eigenvalue weighted by Gasteiger charge is -2.34. The minimum atomic E-state index is -3.50. The van der Waals surface area contributed by atoms with Crippen LogP contribution in [0.15, 0.2) is 53.4 Å². The molecule has 1 amide bonds. The summed E-state index contributed by atoms with van der Waals surface area (Å²) in [5.74, 6) is -0.179. The topological polar surface area (TPSA) is 85.9 Å². The number of carbonyl (C=O) groups excluding carboxylic acids is 1. The van der Waals surface area contributed by atoms with Crippen LogP contribution in [0.1, 0.15) is 36.0 Å². The van der Waals surface area contributed by atoms with Crippen molar-refractivity contribution < 1.29 is 13.2 Å². The van der Waals surface area contributed by atoms with Crippen LogP contribution in [-0.2, 0) is 10.0 Å². The molecule has 0 aliphatic carbocycles. The highest BCUT2D eigenvalue weighted by atomic mass is 32.2. The second-order valence-electron chi connectivity index (χ2n) is 9.39. The van der Waals surface area contributed by atoms with Gasteiger partial charge in [0.1, 0.15) is 0 Å². The summed E-state index contributed by atoms with van der Waals surface area (Å²) in [4.78, 5) is 22.3. The minimum absolute atomic E-state index is 0.179. The van der Waals surface area contributed by atoms with Crippen molar-refractivity contribution in [2.45, 2.75) is 30.6 Å². The molecule has 2 fully saturated rings. The van der Waals surface area contributed by atoms with E-state index < -0.39 is 10.0 Å². The van der Waals surface area contributed by atoms with Crippen LogP contribution >= 0.6 is 11.3 Å². The fourth-order valence-corrected chi connectivity index (χ4v) is 7.33. The number of para-hydroxylation sites is 1. The number of aromatic nitrogens is 1. The van der Waals surface area contributed by atoms with Gasteiger partial charge in [-0.05, 0) is 49.2 Å². The Hall–Kier alpha value is -2.53. The van der Waals surface area contributed by atoms with Crippen molar-refractivity contribution in [2.24, 2.45) is 0 Å². The molecule has 10 heteroatoms. The molecule has 36 heavy (non-hydrogen) atoms. The summed E-state index contributed by atoms with van der Waals surface area (Å²) in [7, 11) is -3.50. The lowest BCUT2D eigenvalue weighted by atomic mass is 10.2. The van der Waals surface area contributed by atoms with E-state index in [1.807, 2.05) is 12.1 Å². The number of amides is 1. The fraction of sp³-hybridized carbons (Fsp3) is 0.462. The maximum absolute atomic E-state index is 12.9. The highest BCUT2D eigenvalue weighted by molar-refractivity contribution is 7.89. The molecule has 2 saturated heterocycles. The minimum Gasteiger partial charge on any atom is -0.351 e. The van der Waals surface area contributed by atoms with E-state index in [4.69, 9.17) is 4.98 Å². The molecule has 0 saturated carbocycles. The maximum atomic E-state index is 12.9. The Morgan fingerprint density at radius 1 is 0.889 bits per heavy atom. The number of anilines is 1. The van der Waals surface area contributed by atoms with Gasteiger partial charge >= 0.3 is 0 Å². The highest BCUT2D eigenvalue weighted by Gasteiger charge is 2.25. The van der Waals surface area contributed by atoms with E-state index in [1.54, 1.807) is 39.9 Å². The van der Waals surface area contributed by atoms with E-state index in [1.165, 1.54) is 4.70 Å². The van der Waals surface area contributed by atoms with E-state index >= 15 is 0 Å². The Labute approximate surface area is 217 Å². The van der Waals surface area contributed by atoms with Gasteiger partial charge in [-0.25, -0.2) is 13.4 Å². The average molecular weight is 528 g/mol. The quantitative estimate of drug-likeness (QED) is 0.507. The zero-order valence-electron chi connectivity index (χ0n) is 20.4. The third-order valence-electron chi connectivity index (χ3n) is 6.96. The summed E-state index contributed by atoms with van der Waals surface area (Å²) >= 11 is 1.73. The van der Waals surface area contributed by atoms with Gasteiger partial charge < -0.3 is 10.2 Å². The third-order valence-corrected chi connectivity index (χ3v) is 9.97. The van der Waals surface area contributed by atoms with Gasteiger partial charge in [0.05, 0.1) is 15.1 Å². The van der Waals surface area contributed by atoms with E-state index in [0.29, 0.717) is 25.2 Å². The third kappa shape index (κ3) is 5.72. The van der Waals surface area contributed by atoms with Crippen LogP contribution in [0.5, 0.6) is 0 Å². The Morgan fingerprint density at radius 2 is 1.58 bits per heavy atom. The lowest BCUT2D eigenvalue weighted by molar-refractivity contribution is 0.0947. The smallest absolute Gasteiger partial charge is 0.251 e. The molecule has 1 aromatic heterocycles. The van der Waals surface area contributed by atoms with Gasteiger partial charge in [0, 0.05) is 57.9 Å². The van der Waals surface area contributed by atoms with Crippen LogP contribution in [0.2, 0.25) is 0 Å². The fourth-order valence-electron chi connectivity index (χ4n) is 4.80. The van der Waals surface area contributed by atoms with Crippen molar-refractivity contribution in [3.05, 3.63) is 54.1 Å². The van der Waals surface area contributed by atoms with E-state index in [9.17, 15) is 13.2 Å². The summed E-state index contributed by atoms with van der Waals surface area (Å²) < 4.78 is 28.7. The van der Waals surface area contributed by atoms with Gasteiger partial charge in [0.2, 0.25) is 10.0 Å². The number of hydrogen-bond donors (Lipinski definition) is 1. The maximum Gasteiger partial charge on any atom is 0.251 e. The van der Waals surface area contributed by atoms with Crippen LogP contribution in [0.3, 0.4) is 0 Å². The molecule has 0 radical (unpaired) electrons. The number of thiazole rings is 1. The molecule has 0 unspecified atom stereocenters. The Morgan fingerprint density at radius 3 is 2.28 bits per heavy atom. The predicted octanol–water partition coefficient (Wildman–Crippen LogP) is 3.41. The molecule has 0 bridgehead atoms. The molecule has 0 spiro atoms. The number of benzene rings is 2. The molecule has 5 rings (SSSR count). The molecule has 1 N–H and O–H groups in total. The summed E-state index contributed by atoms with van der Waals surface area (Å²) in [5.41, 5.74) is 1.53. The monoisotopic (exact) mass is 527 g/mol. The van der Waals surface area contributed by atoms with E-state index in [2.05, 4.69) is 27.2 Å². The van der Waals surface area contributed by atoms with Gasteiger partial charge in [-0.1, -0.05) is 36.3 Å². The van der Waals surface area contributed by atoms with Crippen molar-refractivity contribution in [1.29, 1.82) is 0 Å². The zero-order chi connectivity index (χ0) is 25.0. The summed E-state index contributed by atoms with van der Waals surface area (Å²) in [6.45, 7) is 6.15. The molecule has 2 aromatic carbocycles. The number of carbonyl (C=O) groups is 1. The molecule has 0 atom stereocenters. The molecule has 8 nitrogen and oxygen atoms in total. The van der Waals surface area contributed by atoms with Crippen molar-refractivity contribution in [3.8, 4) is 0 Å². The van der Waals surface area contributed by atoms with E-state index in [0.717, 1.165) is 69.1 Å². The standard InChI is InChI=1S/C26H33N5O3S2/c32-25(21-9-11-22(12-10-21)36(33,34)31-14-5-1-2-6-15-31)27-13-16-29-17-19-30(20-18-29)26-28-23-7-3-4-8-24(23)35-26/h3-4,7-12H,1-2,5-6,13-20H2,(H,27,32). The number of piperazine rings is 1. The van der Waals surface area contributed by atoms with Crippen LogP contribution in [0, 0.1) is 0 Å².